The molecule has 0 unspecified atom stereocenters. The Morgan fingerprint density at radius 3 is 2.74 bits per heavy atom. The van der Waals surface area contributed by atoms with Crippen LogP contribution in [0.15, 0.2) is 17.6 Å². The summed E-state index contributed by atoms with van der Waals surface area (Å²) in [5.41, 5.74) is 0.865. The van der Waals surface area contributed by atoms with E-state index >= 15 is 0 Å². The quantitative estimate of drug-likeness (QED) is 0.466. The Morgan fingerprint density at radius 2 is 2.09 bits per heavy atom. The third-order valence-electron chi connectivity index (χ3n) is 3.54. The third kappa shape index (κ3) is 2.77. The van der Waals surface area contributed by atoms with E-state index in [1.54, 1.807) is 11.2 Å². The van der Waals surface area contributed by atoms with Gasteiger partial charge in [-0.15, -0.1) is 0 Å². The number of hydrogen-bond donors (Lipinski definition) is 3. The molecule has 0 amide bonds. The van der Waals surface area contributed by atoms with E-state index in [0.717, 1.165) is 0 Å². The number of aliphatic imine (C=N–C) groups is 1. The van der Waals surface area contributed by atoms with Crippen LogP contribution >= 0.6 is 0 Å². The van der Waals surface area contributed by atoms with Crippen molar-refractivity contribution < 1.29 is 20.1 Å². The molecule has 1 saturated heterocycles. The van der Waals surface area contributed by atoms with Gasteiger partial charge in [-0.3, -0.25) is 4.57 Å². The molecule has 3 rings (SSSR count). The van der Waals surface area contributed by atoms with E-state index in [0.29, 0.717) is 17.0 Å². The molecule has 0 bridgehead atoms. The normalized spacial score (nSPS) is 28.0. The average molecular weight is 322 g/mol. The van der Waals surface area contributed by atoms with E-state index in [-0.39, 0.29) is 0 Å². The molecular weight excluding hydrogens is 304 g/mol. The lowest BCUT2D eigenvalue weighted by molar-refractivity contribution is -0.0511. The molecule has 0 saturated carbocycles. The summed E-state index contributed by atoms with van der Waals surface area (Å²) in [4.78, 5) is 18.4. The van der Waals surface area contributed by atoms with Gasteiger partial charge in [0.1, 0.15) is 24.6 Å². The Morgan fingerprint density at radius 1 is 1.30 bits per heavy atom. The second kappa shape index (κ2) is 6.16. The highest BCUT2D eigenvalue weighted by atomic mass is 16.6. The van der Waals surface area contributed by atoms with Gasteiger partial charge in [0.15, 0.2) is 23.2 Å². The van der Waals surface area contributed by atoms with E-state index in [2.05, 4.69) is 19.9 Å². The summed E-state index contributed by atoms with van der Waals surface area (Å²) in [7, 11) is 3.67. The van der Waals surface area contributed by atoms with Crippen molar-refractivity contribution in [1.82, 2.24) is 24.4 Å². The minimum Gasteiger partial charge on any atom is -0.394 e. The summed E-state index contributed by atoms with van der Waals surface area (Å²) >= 11 is 0. The third-order valence-corrected chi connectivity index (χ3v) is 3.54. The van der Waals surface area contributed by atoms with Crippen molar-refractivity contribution in [3.05, 3.63) is 12.7 Å². The molecule has 1 fully saturated rings. The maximum absolute atomic E-state index is 10.1. The zero-order valence-electron chi connectivity index (χ0n) is 12.7. The van der Waals surface area contributed by atoms with E-state index in [1.807, 2.05) is 14.1 Å². The molecule has 0 spiro atoms. The van der Waals surface area contributed by atoms with Crippen LogP contribution in [0.25, 0.3) is 11.2 Å². The summed E-state index contributed by atoms with van der Waals surface area (Å²) in [6.07, 6.45) is 0.225. The summed E-state index contributed by atoms with van der Waals surface area (Å²) in [5, 5.41) is 29.2. The highest BCUT2D eigenvalue weighted by molar-refractivity contribution is 5.82. The minimum atomic E-state index is -1.20. The van der Waals surface area contributed by atoms with Crippen molar-refractivity contribution in [1.29, 1.82) is 0 Å². The number of aliphatic hydroxyl groups excluding tert-OH is 3. The first-order valence-corrected chi connectivity index (χ1v) is 7.03. The van der Waals surface area contributed by atoms with Crippen LogP contribution in [0.4, 0.5) is 5.82 Å². The molecule has 0 aliphatic carbocycles. The molecule has 1 aliphatic heterocycles. The molecule has 2 aromatic heterocycles. The zero-order chi connectivity index (χ0) is 16.6. The first kappa shape index (κ1) is 15.7. The Hall–Kier alpha value is -2.14. The van der Waals surface area contributed by atoms with Gasteiger partial charge in [-0.25, -0.2) is 19.9 Å². The molecule has 4 atom stereocenters. The number of imidazole rings is 1. The molecule has 1 aliphatic rings. The molecule has 0 aromatic carbocycles. The van der Waals surface area contributed by atoms with Gasteiger partial charge < -0.3 is 25.0 Å². The number of aliphatic hydroxyl groups is 3. The summed E-state index contributed by atoms with van der Waals surface area (Å²) < 4.78 is 6.99. The molecular formula is C13H18N6O4. The molecule has 2 aromatic rings. The van der Waals surface area contributed by atoms with Crippen LogP contribution in [0.1, 0.15) is 6.23 Å². The van der Waals surface area contributed by atoms with Gasteiger partial charge in [0.05, 0.1) is 19.3 Å². The second-order valence-electron chi connectivity index (χ2n) is 5.46. The van der Waals surface area contributed by atoms with Gasteiger partial charge in [-0.2, -0.15) is 0 Å². The van der Waals surface area contributed by atoms with Crippen LogP contribution in [0.5, 0.6) is 0 Å². The summed E-state index contributed by atoms with van der Waals surface area (Å²) in [6.45, 7) is -0.394. The molecule has 3 heterocycles. The lowest BCUT2D eigenvalue weighted by atomic mass is 10.1. The lowest BCUT2D eigenvalue weighted by Crippen LogP contribution is -2.33. The van der Waals surface area contributed by atoms with Crippen LogP contribution in [0, 0.1) is 0 Å². The highest BCUT2D eigenvalue weighted by Gasteiger charge is 2.43. The number of ether oxygens (including phenoxy) is 1. The smallest absolute Gasteiger partial charge is 0.184 e. The van der Waals surface area contributed by atoms with E-state index in [9.17, 15) is 15.3 Å². The SMILES string of the molecule is CN(C)/C=N/c1ncnc2c1ncn2[C@@H]1O[C@H](CO)[C@@H](O)[C@H]1O. The molecule has 3 N–H and O–H groups in total. The highest BCUT2D eigenvalue weighted by Crippen LogP contribution is 2.32. The maximum Gasteiger partial charge on any atom is 0.184 e. The van der Waals surface area contributed by atoms with Crippen LogP contribution in [0.2, 0.25) is 0 Å². The van der Waals surface area contributed by atoms with E-state index < -0.39 is 31.1 Å². The number of nitrogens with zero attached hydrogens (tertiary/aromatic N) is 6. The largest absolute Gasteiger partial charge is 0.394 e. The van der Waals surface area contributed by atoms with Crippen molar-refractivity contribution in [2.75, 3.05) is 20.7 Å². The molecule has 23 heavy (non-hydrogen) atoms. The molecule has 10 nitrogen and oxygen atoms in total. The van der Waals surface area contributed by atoms with Gasteiger partial charge in [-0.1, -0.05) is 0 Å². The average Bonchev–Trinajstić information content (AvgIpc) is 3.08. The lowest BCUT2D eigenvalue weighted by Gasteiger charge is -2.16. The predicted octanol–water partition coefficient (Wildman–Crippen LogP) is -1.34. The molecule has 10 heteroatoms. The minimum absolute atomic E-state index is 0.384. The monoisotopic (exact) mass is 322 g/mol. The van der Waals surface area contributed by atoms with Crippen molar-refractivity contribution >= 4 is 23.3 Å². The maximum atomic E-state index is 10.1. The fraction of sp³-hybridized carbons (Fsp3) is 0.538. The van der Waals surface area contributed by atoms with Gasteiger partial charge in [0.2, 0.25) is 0 Å². The van der Waals surface area contributed by atoms with Gasteiger partial charge in [0, 0.05) is 14.1 Å². The molecule has 0 radical (unpaired) electrons. The fourth-order valence-corrected chi connectivity index (χ4v) is 2.40. The Balaban J connectivity index is 1.99. The summed E-state index contributed by atoms with van der Waals surface area (Å²) in [5.74, 6) is 0.384. The van der Waals surface area contributed by atoms with Gasteiger partial charge >= 0.3 is 0 Å². The van der Waals surface area contributed by atoms with Gasteiger partial charge in [0.25, 0.3) is 0 Å². The Kier molecular flexibility index (Phi) is 4.22. The van der Waals surface area contributed by atoms with Crippen molar-refractivity contribution in [3.8, 4) is 0 Å². The fourth-order valence-electron chi connectivity index (χ4n) is 2.40. The Bertz CT molecular complexity index is 718. The van der Waals surface area contributed by atoms with Crippen LogP contribution in [0.3, 0.4) is 0 Å². The topological polar surface area (TPSA) is 129 Å². The number of hydrogen-bond acceptors (Lipinski definition) is 8. The first-order valence-electron chi connectivity index (χ1n) is 7.03. The van der Waals surface area contributed by atoms with Crippen LogP contribution < -0.4 is 0 Å². The van der Waals surface area contributed by atoms with E-state index in [1.165, 1.54) is 17.2 Å². The Labute approximate surface area is 131 Å². The molecule has 124 valence electrons. The predicted molar refractivity (Wildman–Crippen MR) is 80.2 cm³/mol. The zero-order valence-corrected chi connectivity index (χ0v) is 12.7. The van der Waals surface area contributed by atoms with E-state index in [4.69, 9.17) is 4.74 Å². The number of fused-ring (bicyclic) bond motifs is 1. The first-order chi connectivity index (χ1) is 11.0. The van der Waals surface area contributed by atoms with Crippen LogP contribution in [-0.4, -0.2) is 85.1 Å². The van der Waals surface area contributed by atoms with Crippen LogP contribution in [-0.2, 0) is 4.74 Å². The van der Waals surface area contributed by atoms with Crippen molar-refractivity contribution in [2.24, 2.45) is 4.99 Å². The summed E-state index contributed by atoms with van der Waals surface area (Å²) in [6, 6.07) is 0. The second-order valence-corrected chi connectivity index (χ2v) is 5.46. The number of aromatic nitrogens is 4. The van der Waals surface area contributed by atoms with Crippen molar-refractivity contribution in [2.45, 2.75) is 24.5 Å². The van der Waals surface area contributed by atoms with Crippen molar-refractivity contribution in [3.63, 3.8) is 0 Å². The number of rotatable bonds is 4. The van der Waals surface area contributed by atoms with Gasteiger partial charge in [-0.05, 0) is 0 Å². The standard InChI is InChI=1S/C13H18N6O4/c1-18(2)5-17-11-8-12(15-4-14-11)19(6-16-8)13-10(22)9(21)7(3-20)23-13/h4-7,9-10,13,20-22H,3H2,1-2H3/b17-5+/t7-,9-,10-,13-/m1/s1.